The molecule has 2 rings (SSSR count). The van der Waals surface area contributed by atoms with Gasteiger partial charge in [-0.05, 0) is 37.0 Å². The van der Waals surface area contributed by atoms with Crippen molar-refractivity contribution < 1.29 is 9.53 Å². The number of benzene rings is 1. The van der Waals surface area contributed by atoms with Gasteiger partial charge in [-0.15, -0.1) is 0 Å². The quantitative estimate of drug-likeness (QED) is 0.681. The molecular formula is C12H14O2. The lowest BCUT2D eigenvalue weighted by Crippen LogP contribution is -1.92. The van der Waals surface area contributed by atoms with Gasteiger partial charge in [-0.3, -0.25) is 0 Å². The molecule has 0 aliphatic heterocycles. The summed E-state index contributed by atoms with van der Waals surface area (Å²) in [4.78, 5) is 10.5. The highest BCUT2D eigenvalue weighted by atomic mass is 16.5. The van der Waals surface area contributed by atoms with E-state index < -0.39 is 0 Å². The van der Waals surface area contributed by atoms with Crippen LogP contribution >= 0.6 is 0 Å². The van der Waals surface area contributed by atoms with Crippen molar-refractivity contribution in [1.29, 1.82) is 0 Å². The molecular weight excluding hydrogens is 176 g/mol. The van der Waals surface area contributed by atoms with Gasteiger partial charge in [-0.25, -0.2) is 0 Å². The van der Waals surface area contributed by atoms with E-state index in [9.17, 15) is 4.79 Å². The van der Waals surface area contributed by atoms with Crippen molar-refractivity contribution >= 4 is 6.29 Å². The predicted octanol–water partition coefficient (Wildman–Crippen LogP) is 2.39. The van der Waals surface area contributed by atoms with Crippen molar-refractivity contribution in [1.82, 2.24) is 0 Å². The molecule has 1 fully saturated rings. The van der Waals surface area contributed by atoms with Crippen LogP contribution in [0.1, 0.15) is 24.8 Å². The van der Waals surface area contributed by atoms with Crippen LogP contribution in [-0.4, -0.2) is 12.9 Å². The topological polar surface area (TPSA) is 26.3 Å². The molecule has 0 heterocycles. The summed E-state index contributed by atoms with van der Waals surface area (Å²) in [6.07, 6.45) is 2.05. The number of aldehydes is 1. The Kier molecular flexibility index (Phi) is 2.53. The molecule has 0 radical (unpaired) electrons. The Morgan fingerprint density at radius 3 is 3.07 bits per heavy atom. The maximum Gasteiger partial charge on any atom is 0.123 e. The molecule has 2 unspecified atom stereocenters. The number of rotatable bonds is 4. The molecule has 0 amide bonds. The van der Waals surface area contributed by atoms with Gasteiger partial charge in [0, 0.05) is 5.92 Å². The summed E-state index contributed by atoms with van der Waals surface area (Å²) in [5.74, 6) is 1.58. The van der Waals surface area contributed by atoms with Crippen LogP contribution in [0.15, 0.2) is 24.3 Å². The molecule has 0 spiro atoms. The van der Waals surface area contributed by atoms with Crippen LogP contribution in [0, 0.1) is 5.92 Å². The Hall–Kier alpha value is -1.31. The Morgan fingerprint density at radius 1 is 1.57 bits per heavy atom. The lowest BCUT2D eigenvalue weighted by molar-refractivity contribution is -0.108. The van der Waals surface area contributed by atoms with Gasteiger partial charge in [0.15, 0.2) is 0 Å². The lowest BCUT2D eigenvalue weighted by Gasteiger charge is -2.04. The Bertz CT molecular complexity index is 333. The van der Waals surface area contributed by atoms with Crippen LogP contribution in [0.3, 0.4) is 0 Å². The van der Waals surface area contributed by atoms with Crippen LogP contribution in [0.4, 0.5) is 0 Å². The maximum absolute atomic E-state index is 10.5. The standard InChI is InChI=1S/C12H14O2/c1-2-14-11-5-3-4-9(6-11)12-7-10(12)8-13/h3-6,8,10,12H,2,7H2,1H3. The second-order valence-corrected chi connectivity index (χ2v) is 3.65. The van der Waals surface area contributed by atoms with Crippen molar-refractivity contribution in [3.8, 4) is 5.75 Å². The van der Waals surface area contributed by atoms with Crippen LogP contribution in [0.2, 0.25) is 0 Å². The van der Waals surface area contributed by atoms with Crippen LogP contribution < -0.4 is 4.74 Å². The van der Waals surface area contributed by atoms with E-state index in [2.05, 4.69) is 6.07 Å². The highest BCUT2D eigenvalue weighted by molar-refractivity contribution is 5.61. The zero-order chi connectivity index (χ0) is 9.97. The summed E-state index contributed by atoms with van der Waals surface area (Å²) in [5, 5.41) is 0. The molecule has 0 saturated heterocycles. The maximum atomic E-state index is 10.5. The second-order valence-electron chi connectivity index (χ2n) is 3.65. The van der Waals surface area contributed by atoms with Crippen molar-refractivity contribution in [3.05, 3.63) is 29.8 Å². The molecule has 1 aliphatic rings. The second kappa shape index (κ2) is 3.82. The predicted molar refractivity (Wildman–Crippen MR) is 54.5 cm³/mol. The van der Waals surface area contributed by atoms with Gasteiger partial charge < -0.3 is 9.53 Å². The summed E-state index contributed by atoms with van der Waals surface area (Å²) in [7, 11) is 0. The Balaban J connectivity index is 2.11. The third-order valence-corrected chi connectivity index (χ3v) is 2.61. The molecule has 0 bridgehead atoms. The first-order valence-corrected chi connectivity index (χ1v) is 5.03. The molecule has 1 aliphatic carbocycles. The van der Waals surface area contributed by atoms with Crippen LogP contribution in [0.5, 0.6) is 5.75 Å². The minimum atomic E-state index is 0.242. The summed E-state index contributed by atoms with van der Waals surface area (Å²) >= 11 is 0. The Labute approximate surface area is 83.9 Å². The van der Waals surface area contributed by atoms with Gasteiger partial charge in [0.25, 0.3) is 0 Å². The molecule has 2 atom stereocenters. The number of hydrogen-bond donors (Lipinski definition) is 0. The third-order valence-electron chi connectivity index (χ3n) is 2.61. The molecule has 2 heteroatoms. The summed E-state index contributed by atoms with van der Waals surface area (Å²) < 4.78 is 5.40. The van der Waals surface area contributed by atoms with Crippen LogP contribution in [-0.2, 0) is 4.79 Å². The zero-order valence-electron chi connectivity index (χ0n) is 8.27. The van der Waals surface area contributed by atoms with Crippen molar-refractivity contribution in [3.63, 3.8) is 0 Å². The van der Waals surface area contributed by atoms with E-state index in [0.29, 0.717) is 12.5 Å². The van der Waals surface area contributed by atoms with E-state index >= 15 is 0 Å². The van der Waals surface area contributed by atoms with Gasteiger partial charge in [0.2, 0.25) is 0 Å². The van der Waals surface area contributed by atoms with Gasteiger partial charge in [-0.2, -0.15) is 0 Å². The highest BCUT2D eigenvalue weighted by Gasteiger charge is 2.37. The average molecular weight is 190 g/mol. The molecule has 14 heavy (non-hydrogen) atoms. The lowest BCUT2D eigenvalue weighted by atomic mass is 10.1. The van der Waals surface area contributed by atoms with Crippen molar-refractivity contribution in [2.24, 2.45) is 5.92 Å². The van der Waals surface area contributed by atoms with Crippen molar-refractivity contribution in [2.75, 3.05) is 6.61 Å². The first-order chi connectivity index (χ1) is 6.85. The summed E-state index contributed by atoms with van der Waals surface area (Å²) in [6.45, 7) is 2.66. The number of carbonyl (C=O) groups is 1. The van der Waals surface area contributed by atoms with E-state index in [1.165, 1.54) is 5.56 Å². The monoisotopic (exact) mass is 190 g/mol. The van der Waals surface area contributed by atoms with E-state index in [0.717, 1.165) is 18.5 Å². The first-order valence-electron chi connectivity index (χ1n) is 5.03. The van der Waals surface area contributed by atoms with Crippen molar-refractivity contribution in [2.45, 2.75) is 19.3 Å². The van der Waals surface area contributed by atoms with E-state index in [1.54, 1.807) is 0 Å². The number of ether oxygens (including phenoxy) is 1. The molecule has 0 aromatic heterocycles. The fraction of sp³-hybridized carbons (Fsp3) is 0.417. The minimum Gasteiger partial charge on any atom is -0.494 e. The van der Waals surface area contributed by atoms with Crippen LogP contribution in [0.25, 0.3) is 0 Å². The zero-order valence-corrected chi connectivity index (χ0v) is 8.27. The van der Waals surface area contributed by atoms with Gasteiger partial charge in [0.05, 0.1) is 6.61 Å². The first kappa shape index (κ1) is 9.25. The van der Waals surface area contributed by atoms with Gasteiger partial charge in [-0.1, -0.05) is 12.1 Å². The molecule has 1 saturated carbocycles. The smallest absolute Gasteiger partial charge is 0.123 e. The highest BCUT2D eigenvalue weighted by Crippen LogP contribution is 2.46. The minimum absolute atomic E-state index is 0.242. The SMILES string of the molecule is CCOc1cccc(C2CC2C=O)c1. The summed E-state index contributed by atoms with van der Waals surface area (Å²) in [5.41, 5.74) is 1.23. The Morgan fingerprint density at radius 2 is 2.43 bits per heavy atom. The third kappa shape index (κ3) is 1.79. The molecule has 0 N–H and O–H groups in total. The van der Waals surface area contributed by atoms with Gasteiger partial charge in [0.1, 0.15) is 12.0 Å². The fourth-order valence-corrected chi connectivity index (χ4v) is 1.75. The largest absolute Gasteiger partial charge is 0.494 e. The molecule has 74 valence electrons. The fourth-order valence-electron chi connectivity index (χ4n) is 1.75. The van der Waals surface area contributed by atoms with Gasteiger partial charge >= 0.3 is 0 Å². The van der Waals surface area contributed by atoms with E-state index in [1.807, 2.05) is 25.1 Å². The molecule has 2 nitrogen and oxygen atoms in total. The number of carbonyl (C=O) groups excluding carboxylic acids is 1. The molecule has 1 aromatic carbocycles. The summed E-state index contributed by atoms with van der Waals surface area (Å²) in [6, 6.07) is 8.04. The van der Waals surface area contributed by atoms with E-state index in [4.69, 9.17) is 4.74 Å². The number of hydrogen-bond acceptors (Lipinski definition) is 2. The average Bonchev–Trinajstić information content (AvgIpc) is 2.98. The van der Waals surface area contributed by atoms with E-state index in [-0.39, 0.29) is 5.92 Å². The normalized spacial score (nSPS) is 24.4. The molecule has 1 aromatic rings.